The lowest BCUT2D eigenvalue weighted by Gasteiger charge is -2.24. The molecule has 0 saturated carbocycles. The molecule has 2 atom stereocenters. The highest BCUT2D eigenvalue weighted by molar-refractivity contribution is 7.10. The normalized spacial score (nSPS) is 21.6. The third kappa shape index (κ3) is 4.81. The van der Waals surface area contributed by atoms with E-state index in [2.05, 4.69) is 5.32 Å². The Balaban J connectivity index is 1.42. The molecule has 1 aliphatic carbocycles. The number of nitrogens with zero attached hydrogens (tertiary/aromatic N) is 3. The molecule has 0 unspecified atom stereocenters. The molecule has 1 aromatic heterocycles. The number of hydrogen-bond acceptors (Lipinski definition) is 7. The van der Waals surface area contributed by atoms with E-state index in [0.717, 1.165) is 26.8 Å². The Bertz CT molecular complexity index is 1360. The van der Waals surface area contributed by atoms with Crippen LogP contribution < -0.4 is 5.32 Å². The van der Waals surface area contributed by atoms with Gasteiger partial charge in [-0.05, 0) is 63.2 Å². The van der Waals surface area contributed by atoms with Crippen LogP contribution in [0.15, 0.2) is 52.0 Å². The predicted molar refractivity (Wildman–Crippen MR) is 148 cm³/mol. The van der Waals surface area contributed by atoms with Crippen molar-refractivity contribution in [2.75, 3.05) is 26.0 Å². The average molecular weight is 537 g/mol. The summed E-state index contributed by atoms with van der Waals surface area (Å²) in [7, 11) is 3.85. The third-order valence-electron chi connectivity index (χ3n) is 7.12. The van der Waals surface area contributed by atoms with Gasteiger partial charge in [0.25, 0.3) is 11.8 Å². The quantitative estimate of drug-likeness (QED) is 0.425. The van der Waals surface area contributed by atoms with E-state index in [1.807, 2.05) is 56.4 Å². The first-order chi connectivity index (χ1) is 17.6. The molecule has 0 spiro atoms. The molecule has 0 radical (unpaired) electrons. The van der Waals surface area contributed by atoms with E-state index >= 15 is 0 Å². The van der Waals surface area contributed by atoms with Crippen molar-refractivity contribution in [2.24, 2.45) is 4.99 Å². The van der Waals surface area contributed by atoms with E-state index in [4.69, 9.17) is 16.6 Å². The highest BCUT2D eigenvalue weighted by Gasteiger charge is 2.38. The molecule has 2 aromatic rings. The highest BCUT2D eigenvalue weighted by atomic mass is 35.5. The van der Waals surface area contributed by atoms with E-state index in [1.165, 1.54) is 4.90 Å². The fourth-order valence-electron chi connectivity index (χ4n) is 4.84. The lowest BCUT2D eigenvalue weighted by atomic mass is 9.93. The van der Waals surface area contributed by atoms with Crippen LogP contribution in [0.3, 0.4) is 0 Å². The Morgan fingerprint density at radius 3 is 2.57 bits per heavy atom. The van der Waals surface area contributed by atoms with Crippen LogP contribution >= 0.6 is 22.9 Å². The van der Waals surface area contributed by atoms with Crippen LogP contribution in [0.4, 0.5) is 5.69 Å². The van der Waals surface area contributed by atoms with Crippen molar-refractivity contribution in [3.63, 3.8) is 0 Å². The summed E-state index contributed by atoms with van der Waals surface area (Å²) < 4.78 is 0. The van der Waals surface area contributed by atoms with Crippen molar-refractivity contribution < 1.29 is 14.4 Å². The molecule has 2 aliphatic heterocycles. The van der Waals surface area contributed by atoms with Crippen molar-refractivity contribution in [3.8, 4) is 0 Å². The molecule has 9 heteroatoms. The number of amides is 2. The fraction of sp³-hybridized carbons (Fsp3) is 0.357. The second-order valence-electron chi connectivity index (χ2n) is 10.0. The van der Waals surface area contributed by atoms with Gasteiger partial charge < -0.3 is 10.2 Å². The van der Waals surface area contributed by atoms with Gasteiger partial charge in [-0.2, -0.15) is 0 Å². The van der Waals surface area contributed by atoms with Crippen LogP contribution in [-0.2, 0) is 17.6 Å². The molecule has 0 bridgehead atoms. The highest BCUT2D eigenvalue weighted by Crippen LogP contribution is 2.37. The fourth-order valence-corrected chi connectivity index (χ4v) is 6.08. The summed E-state index contributed by atoms with van der Waals surface area (Å²) in [6.45, 7) is 4.33. The van der Waals surface area contributed by atoms with Crippen molar-refractivity contribution in [1.29, 1.82) is 0 Å². The number of likely N-dealkylation sites (N-methyl/N-ethyl adjacent to an activating group) is 1. The number of rotatable bonds is 6. The zero-order valence-electron chi connectivity index (χ0n) is 21.3. The number of nitrogens with one attached hydrogen (secondary N) is 1. The second kappa shape index (κ2) is 10.0. The van der Waals surface area contributed by atoms with Crippen LogP contribution in [0, 0.1) is 0 Å². The monoisotopic (exact) mass is 536 g/mol. The van der Waals surface area contributed by atoms with E-state index in [1.54, 1.807) is 23.5 Å². The zero-order chi connectivity index (χ0) is 26.4. The van der Waals surface area contributed by atoms with Gasteiger partial charge in [-0.15, -0.1) is 11.3 Å². The number of carbonyl (C=O) groups excluding carboxylic acids is 3. The van der Waals surface area contributed by atoms with E-state index in [-0.39, 0.29) is 29.7 Å². The molecule has 0 saturated heterocycles. The number of fused-ring (bicyclic) bond motifs is 2. The number of carbonyl (C=O) groups is 3. The van der Waals surface area contributed by atoms with Gasteiger partial charge in [-0.1, -0.05) is 17.7 Å². The van der Waals surface area contributed by atoms with Crippen molar-refractivity contribution >= 4 is 51.9 Å². The SMILES string of the molecule is C[C@H](CN1C(=O)c2cc3c(cc2C1=O)NC(=C1C(=O)CC=CC1=N[C@@H](C)Cc1sccc1Cl)C3)N(C)C. The lowest BCUT2D eigenvalue weighted by molar-refractivity contribution is -0.114. The maximum Gasteiger partial charge on any atom is 0.261 e. The molecule has 5 rings (SSSR count). The molecule has 192 valence electrons. The maximum atomic E-state index is 13.1. The van der Waals surface area contributed by atoms with Gasteiger partial charge in [-0.25, -0.2) is 0 Å². The minimum absolute atomic E-state index is 0.00135. The Hall–Kier alpha value is -3.07. The number of Topliss-reactive ketones (excluding diaryl/α,β-unsaturated/α-hetero) is 1. The van der Waals surface area contributed by atoms with Crippen LogP contribution in [0.2, 0.25) is 5.02 Å². The number of allylic oxidation sites excluding steroid dienone is 4. The molecule has 1 aromatic carbocycles. The minimum Gasteiger partial charge on any atom is -0.358 e. The molecule has 3 heterocycles. The minimum atomic E-state index is -0.278. The summed E-state index contributed by atoms with van der Waals surface area (Å²) in [5, 5.41) is 6.07. The van der Waals surface area contributed by atoms with Gasteiger partial charge in [0.1, 0.15) is 0 Å². The van der Waals surface area contributed by atoms with E-state index in [9.17, 15) is 14.4 Å². The first-order valence-electron chi connectivity index (χ1n) is 12.3. The van der Waals surface area contributed by atoms with Gasteiger partial charge in [0.05, 0.1) is 33.5 Å². The largest absolute Gasteiger partial charge is 0.358 e. The summed E-state index contributed by atoms with van der Waals surface area (Å²) in [6, 6.07) is 5.42. The van der Waals surface area contributed by atoms with Crippen LogP contribution in [-0.4, -0.2) is 65.8 Å². The summed E-state index contributed by atoms with van der Waals surface area (Å²) in [5.74, 6) is -0.543. The molecule has 37 heavy (non-hydrogen) atoms. The molecular formula is C28H29ClN4O3S. The second-order valence-corrected chi connectivity index (χ2v) is 11.4. The first kappa shape index (κ1) is 25.6. The van der Waals surface area contributed by atoms with Gasteiger partial charge in [0, 0.05) is 48.1 Å². The molecule has 7 nitrogen and oxygen atoms in total. The first-order valence-corrected chi connectivity index (χ1v) is 13.6. The Kier molecular flexibility index (Phi) is 6.91. The van der Waals surface area contributed by atoms with Gasteiger partial charge >= 0.3 is 0 Å². The summed E-state index contributed by atoms with van der Waals surface area (Å²) in [6.07, 6.45) is 5.22. The van der Waals surface area contributed by atoms with Crippen molar-refractivity contribution in [3.05, 3.63) is 73.6 Å². The summed E-state index contributed by atoms with van der Waals surface area (Å²) >= 11 is 7.87. The summed E-state index contributed by atoms with van der Waals surface area (Å²) in [5.41, 5.74) is 4.45. The summed E-state index contributed by atoms with van der Waals surface area (Å²) in [4.78, 5) is 48.5. The van der Waals surface area contributed by atoms with Gasteiger partial charge in [-0.3, -0.25) is 24.3 Å². The number of halogens is 1. The topological polar surface area (TPSA) is 82.1 Å². The van der Waals surface area contributed by atoms with E-state index in [0.29, 0.717) is 48.2 Å². The molecular weight excluding hydrogens is 508 g/mol. The number of hydrogen-bond donors (Lipinski definition) is 1. The molecule has 1 N–H and O–H groups in total. The number of imide groups is 1. The maximum absolute atomic E-state index is 13.1. The zero-order valence-corrected chi connectivity index (χ0v) is 22.9. The molecule has 3 aliphatic rings. The van der Waals surface area contributed by atoms with Crippen LogP contribution in [0.25, 0.3) is 0 Å². The van der Waals surface area contributed by atoms with Gasteiger partial charge in [0.2, 0.25) is 0 Å². The number of thiophene rings is 1. The number of ketones is 1. The van der Waals surface area contributed by atoms with Crippen LogP contribution in [0.5, 0.6) is 0 Å². The van der Waals surface area contributed by atoms with Crippen molar-refractivity contribution in [2.45, 2.75) is 45.2 Å². The number of anilines is 1. The third-order valence-corrected chi connectivity index (χ3v) is 8.53. The number of aliphatic imine (C=N–C) groups is 1. The Labute approximate surface area is 225 Å². The lowest BCUT2D eigenvalue weighted by Crippen LogP contribution is -2.41. The average Bonchev–Trinajstić information content (AvgIpc) is 3.50. The molecule has 0 fully saturated rings. The molecule has 2 amide bonds. The Morgan fingerprint density at radius 1 is 1.16 bits per heavy atom. The predicted octanol–water partition coefficient (Wildman–Crippen LogP) is 4.77. The smallest absolute Gasteiger partial charge is 0.261 e. The van der Waals surface area contributed by atoms with E-state index < -0.39 is 0 Å². The Morgan fingerprint density at radius 2 is 1.89 bits per heavy atom. The van der Waals surface area contributed by atoms with Crippen LogP contribution in [0.1, 0.15) is 51.4 Å². The van der Waals surface area contributed by atoms with Crippen molar-refractivity contribution in [1.82, 2.24) is 9.80 Å². The van der Waals surface area contributed by atoms with Gasteiger partial charge in [0.15, 0.2) is 5.78 Å². The number of benzene rings is 1. The standard InChI is InChI=1S/C28H29ClN4O3S/c1-15(10-25-20(29)8-9-37-25)30-21-6-5-7-24(34)26(21)23-12-17-11-18-19(13-22(17)31-23)28(36)33(27(18)35)14-16(2)32(3)4/h5-6,8-9,11,13,15-16,31H,7,10,12,14H2,1-4H3/t15-,16+/m0/s1.